The molecule has 6 atom stereocenters. The fraction of sp³-hybridized carbons (Fsp3) is 0.438. The highest BCUT2D eigenvalue weighted by Gasteiger charge is 2.64. The maximum atomic E-state index is 14.7. The number of oxime groups is 1. The molecule has 6 unspecified atom stereocenters. The van der Waals surface area contributed by atoms with Gasteiger partial charge in [0.2, 0.25) is 5.79 Å². The van der Waals surface area contributed by atoms with Crippen LogP contribution in [0.4, 0.5) is 4.39 Å². The highest BCUT2D eigenvalue weighted by Crippen LogP contribution is 2.63. The summed E-state index contributed by atoms with van der Waals surface area (Å²) in [7, 11) is 0. The summed E-state index contributed by atoms with van der Waals surface area (Å²) in [5.74, 6) is -0.128. The van der Waals surface area contributed by atoms with Crippen LogP contribution in [0, 0.1) is 23.6 Å². The van der Waals surface area contributed by atoms with Crippen LogP contribution in [0.15, 0.2) is 119 Å². The number of benzene rings is 4. The SMILES string of the molecule is C=CCOC12Oc3ccc(OCc4ccccc4F)cc3C3C(CCCCO)C(CCCCO)C=C(C(=NOC(C)(C)C)CC1Sc1ccc4ccccc4c1)C32. The zero-order chi connectivity index (χ0) is 40.0. The summed E-state index contributed by atoms with van der Waals surface area (Å²) in [5.41, 5.74) is 2.94. The molecule has 4 aromatic carbocycles. The summed E-state index contributed by atoms with van der Waals surface area (Å²) in [6, 6.07) is 27.6. The van der Waals surface area contributed by atoms with Gasteiger partial charge in [0.15, 0.2) is 0 Å². The van der Waals surface area contributed by atoms with Crippen molar-refractivity contribution in [3.8, 4) is 11.5 Å². The Hall–Kier alpha value is -4.15. The Morgan fingerprint density at radius 1 is 0.930 bits per heavy atom. The number of nitrogens with zero attached hydrogens (tertiary/aromatic N) is 1. The number of allylic oxidation sites excluding steroid dienone is 1. The predicted octanol–water partition coefficient (Wildman–Crippen LogP) is 10.8. The van der Waals surface area contributed by atoms with E-state index < -0.39 is 11.4 Å². The molecule has 7 rings (SSSR count). The minimum atomic E-state index is -1.12. The van der Waals surface area contributed by atoms with Gasteiger partial charge in [-0.1, -0.05) is 78.7 Å². The summed E-state index contributed by atoms with van der Waals surface area (Å²) in [4.78, 5) is 7.35. The standard InChI is InChI=1S/C48H56FNO6S/c1-5-26-54-48-44(57-37-22-20-32-14-6-7-15-33(32)27-37)30-42(50-56-47(2,3)4)39-28-34(16-10-12-24-51)38(18-11-13-25-52)45(46(39)48)40-29-36(21-23-43(40)55-48)53-31-35-17-8-9-19-41(35)49/h5-9,14-15,17,19-23,27-29,34,38,44-46,51-52H,1,10-13,16,18,24-26,30-31H2,2-4H3. The molecule has 0 spiro atoms. The molecule has 1 saturated carbocycles. The molecule has 7 nitrogen and oxygen atoms in total. The third-order valence-electron chi connectivity index (χ3n) is 11.4. The van der Waals surface area contributed by atoms with Crippen molar-refractivity contribution in [2.45, 2.75) is 99.8 Å². The number of aliphatic hydroxyl groups is 2. The van der Waals surface area contributed by atoms with Crippen LogP contribution in [0.2, 0.25) is 0 Å². The molecule has 4 aromatic rings. The lowest BCUT2D eigenvalue weighted by Crippen LogP contribution is -2.64. The lowest BCUT2D eigenvalue weighted by atomic mass is 9.56. The average Bonchev–Trinajstić information content (AvgIpc) is 3.20. The van der Waals surface area contributed by atoms with Gasteiger partial charge in [-0.25, -0.2) is 4.39 Å². The lowest BCUT2D eigenvalue weighted by molar-refractivity contribution is -0.223. The fourth-order valence-electron chi connectivity index (χ4n) is 8.89. The van der Waals surface area contributed by atoms with Crippen molar-refractivity contribution in [1.82, 2.24) is 0 Å². The van der Waals surface area contributed by atoms with Gasteiger partial charge in [-0.05, 0) is 111 Å². The number of rotatable bonds is 17. The van der Waals surface area contributed by atoms with Crippen molar-refractivity contribution in [2.75, 3.05) is 19.8 Å². The van der Waals surface area contributed by atoms with Crippen LogP contribution in [0.5, 0.6) is 11.5 Å². The molecule has 9 heteroatoms. The van der Waals surface area contributed by atoms with Crippen LogP contribution in [0.25, 0.3) is 10.8 Å². The smallest absolute Gasteiger partial charge is 0.231 e. The van der Waals surface area contributed by atoms with Gasteiger partial charge in [0.25, 0.3) is 0 Å². The van der Waals surface area contributed by atoms with E-state index in [9.17, 15) is 14.6 Å². The number of hydrogen-bond donors (Lipinski definition) is 2. The number of halogens is 1. The second-order valence-electron chi connectivity index (χ2n) is 16.5. The predicted molar refractivity (Wildman–Crippen MR) is 226 cm³/mol. The Labute approximate surface area is 340 Å². The quantitative estimate of drug-likeness (QED) is 0.0625. The fourth-order valence-corrected chi connectivity index (χ4v) is 10.2. The third kappa shape index (κ3) is 9.12. The summed E-state index contributed by atoms with van der Waals surface area (Å²) in [6.07, 6.45) is 9.64. The second-order valence-corrected chi connectivity index (χ2v) is 17.7. The zero-order valence-electron chi connectivity index (χ0n) is 33.4. The summed E-state index contributed by atoms with van der Waals surface area (Å²) in [5, 5.41) is 26.8. The average molecular weight is 794 g/mol. The molecule has 302 valence electrons. The van der Waals surface area contributed by atoms with E-state index in [1.165, 1.54) is 11.5 Å². The van der Waals surface area contributed by atoms with Gasteiger partial charge in [-0.15, -0.1) is 18.3 Å². The molecule has 57 heavy (non-hydrogen) atoms. The summed E-state index contributed by atoms with van der Waals surface area (Å²) >= 11 is 1.75. The Kier molecular flexibility index (Phi) is 13.1. The van der Waals surface area contributed by atoms with E-state index in [2.05, 4.69) is 61.2 Å². The summed E-state index contributed by atoms with van der Waals surface area (Å²) < 4.78 is 35.5. The van der Waals surface area contributed by atoms with Crippen molar-refractivity contribution in [3.05, 3.63) is 126 Å². The van der Waals surface area contributed by atoms with Crippen molar-refractivity contribution in [2.24, 2.45) is 22.9 Å². The van der Waals surface area contributed by atoms with E-state index >= 15 is 0 Å². The van der Waals surface area contributed by atoms with E-state index in [1.807, 2.05) is 39.0 Å². The Morgan fingerprint density at radius 2 is 1.68 bits per heavy atom. The molecular formula is C48H56FNO6S. The van der Waals surface area contributed by atoms with Gasteiger partial charge >= 0.3 is 0 Å². The summed E-state index contributed by atoms with van der Waals surface area (Å²) in [6.45, 7) is 10.7. The molecule has 3 aliphatic rings. The molecule has 2 N–H and O–H groups in total. The molecular weight excluding hydrogens is 738 g/mol. The van der Waals surface area contributed by atoms with E-state index in [0.717, 1.165) is 65.0 Å². The first-order valence-electron chi connectivity index (χ1n) is 20.4. The Bertz CT molecular complexity index is 2080. The molecule has 0 saturated heterocycles. The molecule has 1 aliphatic heterocycles. The lowest BCUT2D eigenvalue weighted by Gasteiger charge is -2.58. The topological polar surface area (TPSA) is 89.7 Å². The number of fused-ring (bicyclic) bond motifs is 3. The number of thioether (sulfide) groups is 1. The molecule has 1 fully saturated rings. The van der Waals surface area contributed by atoms with Crippen LogP contribution in [0.1, 0.15) is 82.8 Å². The van der Waals surface area contributed by atoms with Crippen molar-refractivity contribution >= 4 is 28.2 Å². The van der Waals surface area contributed by atoms with Crippen LogP contribution in [-0.4, -0.2) is 52.4 Å². The third-order valence-corrected chi connectivity index (χ3v) is 12.7. The highest BCUT2D eigenvalue weighted by molar-refractivity contribution is 8.00. The van der Waals surface area contributed by atoms with Crippen molar-refractivity contribution in [1.29, 1.82) is 0 Å². The monoisotopic (exact) mass is 793 g/mol. The van der Waals surface area contributed by atoms with Crippen LogP contribution < -0.4 is 9.47 Å². The Balaban J connectivity index is 1.41. The van der Waals surface area contributed by atoms with Gasteiger partial charge in [-0.2, -0.15) is 0 Å². The van der Waals surface area contributed by atoms with Crippen molar-refractivity contribution in [3.63, 3.8) is 0 Å². The highest BCUT2D eigenvalue weighted by atomic mass is 32.2. The first-order valence-corrected chi connectivity index (χ1v) is 21.3. The minimum absolute atomic E-state index is 0.0896. The minimum Gasteiger partial charge on any atom is -0.489 e. The van der Waals surface area contributed by atoms with Gasteiger partial charge < -0.3 is 29.3 Å². The normalized spacial score (nSPS) is 24.6. The van der Waals surface area contributed by atoms with Crippen LogP contribution in [-0.2, 0) is 16.2 Å². The zero-order valence-corrected chi connectivity index (χ0v) is 34.2. The largest absolute Gasteiger partial charge is 0.489 e. The van der Waals surface area contributed by atoms with E-state index in [0.29, 0.717) is 24.2 Å². The second kappa shape index (κ2) is 18.2. The number of ether oxygens (including phenoxy) is 3. The van der Waals surface area contributed by atoms with Gasteiger partial charge in [0, 0.05) is 41.6 Å². The van der Waals surface area contributed by atoms with Gasteiger partial charge in [-0.3, -0.25) is 0 Å². The molecule has 2 aliphatic carbocycles. The van der Waals surface area contributed by atoms with Crippen LogP contribution >= 0.6 is 11.8 Å². The van der Waals surface area contributed by atoms with E-state index in [-0.39, 0.29) is 61.2 Å². The molecule has 0 bridgehead atoms. The Morgan fingerprint density at radius 3 is 2.44 bits per heavy atom. The van der Waals surface area contributed by atoms with Crippen molar-refractivity contribution < 1.29 is 33.7 Å². The maximum Gasteiger partial charge on any atom is 0.231 e. The van der Waals surface area contributed by atoms with Gasteiger partial charge in [0.1, 0.15) is 29.5 Å². The number of unbranched alkanes of at least 4 members (excludes halogenated alkanes) is 2. The first-order chi connectivity index (χ1) is 27.6. The first kappa shape index (κ1) is 41.0. The van der Waals surface area contributed by atoms with Gasteiger partial charge in [0.05, 0.1) is 23.5 Å². The van der Waals surface area contributed by atoms with E-state index in [4.69, 9.17) is 24.2 Å². The molecule has 0 amide bonds. The van der Waals surface area contributed by atoms with E-state index in [1.54, 1.807) is 30.0 Å². The molecule has 0 radical (unpaired) electrons. The molecule has 1 heterocycles. The maximum absolute atomic E-state index is 14.7. The molecule has 0 aromatic heterocycles. The number of aliphatic hydroxyl groups excluding tert-OH is 2. The number of hydrogen-bond acceptors (Lipinski definition) is 8. The van der Waals surface area contributed by atoms with Crippen LogP contribution in [0.3, 0.4) is 0 Å².